The van der Waals surface area contributed by atoms with Gasteiger partial charge in [0, 0.05) is 62.0 Å². The molecule has 10 aromatic carbocycles. The first kappa shape index (κ1) is 44.5. The van der Waals surface area contributed by atoms with E-state index >= 15 is 0 Å². The van der Waals surface area contributed by atoms with Crippen LogP contribution in [0.5, 0.6) is 0 Å². The number of hydrogen-bond acceptors (Lipinski definition) is 4. The largest absolute Gasteiger partial charge is 0.309 e. The van der Waals surface area contributed by atoms with E-state index in [2.05, 4.69) is 259 Å². The molecule has 0 radical (unpaired) electrons. The maximum atomic E-state index is 2.65. The standard InChI is InChI=1S/C72H56N2S2/c1-69(2)51-25-11-13-27-59(51)73-60-28-14-12-26-52(60)70(3,4)56-38-43(37-55(69)65(56)73)44-39-57-66-58(40-44)72(7,8)54-36-42(46-22-18-24-50-48-20-10-16-30-64(48)76-68(46)50)32-34-62(54)74(66)61-33-31-41(35-53(61)71(57,5)6)45-21-17-23-49-47-19-9-15-29-63(47)75-67(45)49/h9-40H,1-8H3. The fraction of sp³-hybridized carbons (Fsp3) is 0.167. The topological polar surface area (TPSA) is 6.48 Å². The van der Waals surface area contributed by atoms with Crippen LogP contribution in [0.4, 0.5) is 34.1 Å². The first-order valence-electron chi connectivity index (χ1n) is 27.0. The van der Waals surface area contributed by atoms with Crippen LogP contribution in [0.1, 0.15) is 99.9 Å². The van der Waals surface area contributed by atoms with Crippen LogP contribution < -0.4 is 9.80 Å². The van der Waals surface area contributed by atoms with Gasteiger partial charge in [0.1, 0.15) is 0 Å². The van der Waals surface area contributed by atoms with E-state index in [1.165, 1.54) is 152 Å². The molecule has 12 aromatic rings. The molecule has 16 rings (SSSR count). The van der Waals surface area contributed by atoms with Crippen LogP contribution in [0.25, 0.3) is 73.7 Å². The minimum Gasteiger partial charge on any atom is -0.309 e. The van der Waals surface area contributed by atoms with Crippen LogP contribution in [-0.4, -0.2) is 0 Å². The van der Waals surface area contributed by atoms with E-state index < -0.39 is 0 Å². The molecule has 2 nitrogen and oxygen atoms in total. The average molecular weight is 1010 g/mol. The highest BCUT2D eigenvalue weighted by Gasteiger charge is 2.48. The van der Waals surface area contributed by atoms with Crippen molar-refractivity contribution in [3.63, 3.8) is 0 Å². The van der Waals surface area contributed by atoms with Gasteiger partial charge in [-0.2, -0.15) is 0 Å². The average Bonchev–Trinajstić information content (AvgIpc) is 4.13. The van der Waals surface area contributed by atoms with Crippen molar-refractivity contribution in [3.05, 3.63) is 239 Å². The van der Waals surface area contributed by atoms with Crippen molar-refractivity contribution < 1.29 is 0 Å². The Kier molecular flexibility index (Phi) is 8.79. The summed E-state index contributed by atoms with van der Waals surface area (Å²) in [6.07, 6.45) is 0. The van der Waals surface area contributed by atoms with Crippen LogP contribution in [0.3, 0.4) is 0 Å². The molecule has 4 aliphatic heterocycles. The molecule has 0 atom stereocenters. The van der Waals surface area contributed by atoms with E-state index in [-0.39, 0.29) is 21.7 Å². The predicted octanol–water partition coefficient (Wildman–Crippen LogP) is 20.9. The van der Waals surface area contributed by atoms with E-state index in [9.17, 15) is 0 Å². The molecule has 0 saturated carbocycles. The monoisotopic (exact) mass is 1010 g/mol. The number of anilines is 6. The Morgan fingerprint density at radius 1 is 0.276 bits per heavy atom. The molecule has 4 aliphatic rings. The van der Waals surface area contributed by atoms with E-state index in [0.717, 1.165) is 0 Å². The van der Waals surface area contributed by atoms with E-state index in [1.807, 2.05) is 22.7 Å². The Balaban J connectivity index is 0.955. The van der Waals surface area contributed by atoms with Crippen LogP contribution in [0.2, 0.25) is 0 Å². The lowest BCUT2D eigenvalue weighted by atomic mass is 9.64. The lowest BCUT2D eigenvalue weighted by Crippen LogP contribution is -2.38. The number of benzene rings is 10. The maximum absolute atomic E-state index is 2.65. The molecule has 0 unspecified atom stereocenters. The third-order valence-corrected chi connectivity index (χ3v) is 21.0. The molecule has 0 amide bonds. The maximum Gasteiger partial charge on any atom is 0.0544 e. The molecule has 366 valence electrons. The van der Waals surface area contributed by atoms with Crippen molar-refractivity contribution in [3.8, 4) is 33.4 Å². The Hall–Kier alpha value is -7.76. The summed E-state index contributed by atoms with van der Waals surface area (Å²) in [4.78, 5) is 5.23. The number of rotatable bonds is 3. The number of hydrogen-bond donors (Lipinski definition) is 0. The fourth-order valence-electron chi connectivity index (χ4n) is 14.5. The quantitative estimate of drug-likeness (QED) is 0.174. The number of thiophene rings is 2. The lowest BCUT2D eigenvalue weighted by Gasteiger charge is -2.50. The molecule has 0 aliphatic carbocycles. The summed E-state index contributed by atoms with van der Waals surface area (Å²) in [5, 5.41) is 5.32. The van der Waals surface area contributed by atoms with Crippen LogP contribution in [0.15, 0.2) is 194 Å². The summed E-state index contributed by atoms with van der Waals surface area (Å²) >= 11 is 3.83. The molecule has 0 saturated heterocycles. The van der Waals surface area contributed by atoms with Gasteiger partial charge in [0.25, 0.3) is 0 Å². The molecular weight excluding hydrogens is 957 g/mol. The van der Waals surface area contributed by atoms with Crippen molar-refractivity contribution in [2.45, 2.75) is 77.0 Å². The Morgan fingerprint density at radius 2 is 0.605 bits per heavy atom. The number of para-hydroxylation sites is 2. The van der Waals surface area contributed by atoms with E-state index in [0.29, 0.717) is 0 Å². The Morgan fingerprint density at radius 3 is 1.03 bits per heavy atom. The first-order valence-corrected chi connectivity index (χ1v) is 28.6. The smallest absolute Gasteiger partial charge is 0.0544 e. The van der Waals surface area contributed by atoms with Gasteiger partial charge in [-0.25, -0.2) is 0 Å². The normalized spacial score (nSPS) is 16.5. The molecular formula is C72H56N2S2. The molecule has 4 heteroatoms. The van der Waals surface area contributed by atoms with Gasteiger partial charge >= 0.3 is 0 Å². The second-order valence-corrected chi connectivity index (χ2v) is 26.2. The van der Waals surface area contributed by atoms with Crippen molar-refractivity contribution in [2.75, 3.05) is 9.80 Å². The second-order valence-electron chi connectivity index (χ2n) is 24.1. The van der Waals surface area contributed by atoms with Gasteiger partial charge in [-0.1, -0.05) is 177 Å². The molecule has 0 bridgehead atoms. The van der Waals surface area contributed by atoms with Crippen LogP contribution >= 0.6 is 22.7 Å². The third-order valence-electron chi connectivity index (χ3n) is 18.6. The Bertz CT molecular complexity index is 4280. The SMILES string of the molecule is CC1(C)c2ccccc2N2c3ccccc3C(C)(C)c3cc(-c4cc5c6c(c4)C(C)(C)c4cc(-c7cccc8c7sc7ccccc78)ccc4N6c4ccc(-c6cccc7c6sc6ccccc67)cc4C5(C)C)cc1c32. The highest BCUT2D eigenvalue weighted by molar-refractivity contribution is 7.26. The highest BCUT2D eigenvalue weighted by Crippen LogP contribution is 2.64. The van der Waals surface area contributed by atoms with E-state index in [4.69, 9.17) is 0 Å². The number of fused-ring (bicyclic) bond motifs is 14. The van der Waals surface area contributed by atoms with Crippen LogP contribution in [0, 0.1) is 0 Å². The summed E-state index contributed by atoms with van der Waals surface area (Å²) in [5.74, 6) is 0. The minimum atomic E-state index is -0.351. The van der Waals surface area contributed by atoms with Crippen molar-refractivity contribution in [1.82, 2.24) is 0 Å². The van der Waals surface area contributed by atoms with Gasteiger partial charge in [-0.3, -0.25) is 0 Å². The molecule has 76 heavy (non-hydrogen) atoms. The summed E-state index contributed by atoms with van der Waals surface area (Å²) in [5.41, 5.74) is 25.1. The molecule has 0 fully saturated rings. The molecule has 0 N–H and O–H groups in total. The van der Waals surface area contributed by atoms with Gasteiger partial charge in [-0.05, 0) is 151 Å². The van der Waals surface area contributed by atoms with Crippen LogP contribution in [-0.2, 0) is 21.7 Å². The van der Waals surface area contributed by atoms with E-state index in [1.54, 1.807) is 0 Å². The summed E-state index contributed by atoms with van der Waals surface area (Å²) in [6.45, 7) is 19.7. The van der Waals surface area contributed by atoms with Gasteiger partial charge in [0.15, 0.2) is 0 Å². The zero-order valence-corrected chi connectivity index (χ0v) is 45.8. The summed E-state index contributed by atoms with van der Waals surface area (Å²) in [7, 11) is 0. The van der Waals surface area contributed by atoms with Crippen molar-refractivity contribution in [1.29, 1.82) is 0 Å². The second kappa shape index (κ2) is 15.0. The highest BCUT2D eigenvalue weighted by atomic mass is 32.1. The fourth-order valence-corrected chi connectivity index (χ4v) is 16.9. The molecule has 2 aromatic heterocycles. The predicted molar refractivity (Wildman–Crippen MR) is 326 cm³/mol. The van der Waals surface area contributed by atoms with Crippen molar-refractivity contribution in [2.24, 2.45) is 0 Å². The lowest BCUT2D eigenvalue weighted by molar-refractivity contribution is 0.596. The first-order chi connectivity index (χ1) is 36.7. The molecule has 0 spiro atoms. The minimum absolute atomic E-state index is 0.243. The van der Waals surface area contributed by atoms with Crippen molar-refractivity contribution >= 4 is 97.1 Å². The van der Waals surface area contributed by atoms with Gasteiger partial charge in [-0.15, -0.1) is 22.7 Å². The van der Waals surface area contributed by atoms with Gasteiger partial charge in [0.05, 0.1) is 34.1 Å². The summed E-state index contributed by atoms with van der Waals surface area (Å²) < 4.78 is 5.35. The summed E-state index contributed by atoms with van der Waals surface area (Å²) in [6, 6.07) is 74.8. The van der Waals surface area contributed by atoms with Gasteiger partial charge in [0.2, 0.25) is 0 Å². The van der Waals surface area contributed by atoms with Gasteiger partial charge < -0.3 is 9.80 Å². The zero-order chi connectivity index (χ0) is 51.4. The Labute approximate surface area is 453 Å². The third kappa shape index (κ3) is 5.71. The number of nitrogens with zero attached hydrogens (tertiary/aromatic N) is 2. The zero-order valence-electron chi connectivity index (χ0n) is 44.2. The molecule has 6 heterocycles.